The zero-order valence-corrected chi connectivity index (χ0v) is 21.4. The quantitative estimate of drug-likeness (QED) is 0.658. The Morgan fingerprint density at radius 3 is 2.63 bits per heavy atom. The summed E-state index contributed by atoms with van der Waals surface area (Å²) in [5.74, 6) is 0.623. The van der Waals surface area contributed by atoms with Crippen LogP contribution >= 0.6 is 0 Å². The second-order valence-corrected chi connectivity index (χ2v) is 12.0. The minimum absolute atomic E-state index is 0.169. The lowest BCUT2D eigenvalue weighted by atomic mass is 9.78. The number of nitrogens with one attached hydrogen (secondary N) is 1. The van der Waals surface area contributed by atoms with Crippen molar-refractivity contribution in [1.29, 1.82) is 0 Å². The van der Waals surface area contributed by atoms with Crippen molar-refractivity contribution in [3.8, 4) is 0 Å². The molecule has 1 N–H and O–H groups in total. The third-order valence-electron chi connectivity index (χ3n) is 7.72. The number of sulfonamides is 1. The van der Waals surface area contributed by atoms with Crippen molar-refractivity contribution >= 4 is 33.1 Å². The number of anilines is 2. The fourth-order valence-electron chi connectivity index (χ4n) is 5.95. The van der Waals surface area contributed by atoms with Gasteiger partial charge in [-0.2, -0.15) is 8.42 Å². The summed E-state index contributed by atoms with van der Waals surface area (Å²) in [5.41, 5.74) is 2.76. The zero-order chi connectivity index (χ0) is 24.6. The van der Waals surface area contributed by atoms with E-state index in [4.69, 9.17) is 0 Å². The van der Waals surface area contributed by atoms with Gasteiger partial charge in [-0.1, -0.05) is 37.1 Å². The van der Waals surface area contributed by atoms with Crippen LogP contribution in [0.5, 0.6) is 0 Å². The summed E-state index contributed by atoms with van der Waals surface area (Å²) in [5, 5.41) is 3.23. The lowest BCUT2D eigenvalue weighted by Gasteiger charge is -2.42. The fourth-order valence-corrected chi connectivity index (χ4v) is 7.09. The van der Waals surface area contributed by atoms with E-state index in [1.165, 1.54) is 11.3 Å². The number of amides is 1. The SMILES string of the molecule is Cc1cccc(N2CCN(C(=O)CC3(CC4=NS(=O)(=O)c5ccccc5N4)CCCC3)C[C@H]2C)c1. The van der Waals surface area contributed by atoms with Crippen LogP contribution in [0.25, 0.3) is 0 Å². The topological polar surface area (TPSA) is 82.1 Å². The van der Waals surface area contributed by atoms with Gasteiger partial charge in [0.25, 0.3) is 10.0 Å². The van der Waals surface area contributed by atoms with Gasteiger partial charge in [0.1, 0.15) is 10.7 Å². The molecule has 3 aliphatic rings. The van der Waals surface area contributed by atoms with E-state index in [9.17, 15) is 13.2 Å². The third kappa shape index (κ3) is 4.94. The van der Waals surface area contributed by atoms with Crippen LogP contribution in [-0.2, 0) is 14.8 Å². The maximum Gasteiger partial charge on any atom is 0.286 e. The van der Waals surface area contributed by atoms with E-state index < -0.39 is 10.0 Å². The molecule has 8 heteroatoms. The van der Waals surface area contributed by atoms with E-state index in [-0.39, 0.29) is 22.3 Å². The molecule has 2 heterocycles. The van der Waals surface area contributed by atoms with Crippen LogP contribution in [0.15, 0.2) is 57.8 Å². The van der Waals surface area contributed by atoms with Crippen molar-refractivity contribution in [1.82, 2.24) is 4.90 Å². The number of rotatable bonds is 5. The minimum atomic E-state index is -3.73. The number of fused-ring (bicyclic) bond motifs is 1. The maximum absolute atomic E-state index is 13.5. The van der Waals surface area contributed by atoms with Crippen LogP contribution in [0.2, 0.25) is 0 Å². The van der Waals surface area contributed by atoms with Gasteiger partial charge < -0.3 is 15.1 Å². The number of hydrogen-bond donors (Lipinski definition) is 1. The molecule has 0 aromatic heterocycles. The second-order valence-electron chi connectivity index (χ2n) is 10.4. The van der Waals surface area contributed by atoms with Gasteiger partial charge in [0.15, 0.2) is 0 Å². The highest BCUT2D eigenvalue weighted by atomic mass is 32.2. The fraction of sp³-hybridized carbons (Fsp3) is 0.481. The third-order valence-corrected chi connectivity index (χ3v) is 9.09. The van der Waals surface area contributed by atoms with Crippen molar-refractivity contribution < 1.29 is 13.2 Å². The predicted octanol–water partition coefficient (Wildman–Crippen LogP) is 4.59. The van der Waals surface area contributed by atoms with Gasteiger partial charge in [-0.05, 0) is 61.9 Å². The summed E-state index contributed by atoms with van der Waals surface area (Å²) in [6, 6.07) is 15.6. The number of carbonyl (C=O) groups excluding carboxylic acids is 1. The first-order valence-corrected chi connectivity index (χ1v) is 14.0. The molecule has 0 bridgehead atoms. The van der Waals surface area contributed by atoms with Crippen molar-refractivity contribution in [2.75, 3.05) is 29.9 Å². The van der Waals surface area contributed by atoms with E-state index in [0.717, 1.165) is 32.2 Å². The Hall–Kier alpha value is -2.87. The van der Waals surface area contributed by atoms with E-state index in [1.807, 2.05) is 11.0 Å². The smallest absolute Gasteiger partial charge is 0.286 e. The monoisotopic (exact) mass is 494 g/mol. The van der Waals surface area contributed by atoms with E-state index >= 15 is 0 Å². The molecule has 2 aliphatic heterocycles. The Morgan fingerprint density at radius 2 is 1.89 bits per heavy atom. The van der Waals surface area contributed by atoms with Gasteiger partial charge in [-0.25, -0.2) is 0 Å². The Morgan fingerprint density at radius 1 is 1.11 bits per heavy atom. The average molecular weight is 495 g/mol. The van der Waals surface area contributed by atoms with Crippen molar-refractivity contribution in [2.45, 2.75) is 63.3 Å². The number of aryl methyl sites for hydroxylation is 1. The largest absolute Gasteiger partial charge is 0.365 e. The molecule has 0 spiro atoms. The Kier molecular flexibility index (Phi) is 6.34. The summed E-state index contributed by atoms with van der Waals surface area (Å²) in [6.45, 7) is 6.49. The molecule has 5 rings (SSSR count). The van der Waals surface area contributed by atoms with Gasteiger partial charge in [0.05, 0.1) is 5.69 Å². The van der Waals surface area contributed by atoms with Crippen molar-refractivity contribution in [3.63, 3.8) is 0 Å². The molecule has 2 fully saturated rings. The minimum Gasteiger partial charge on any atom is -0.365 e. The summed E-state index contributed by atoms with van der Waals surface area (Å²) in [7, 11) is -3.73. The second kappa shape index (κ2) is 9.30. The molecule has 2 aromatic rings. The van der Waals surface area contributed by atoms with Gasteiger partial charge in [0.2, 0.25) is 5.91 Å². The first-order chi connectivity index (χ1) is 16.7. The highest BCUT2D eigenvalue weighted by Crippen LogP contribution is 2.45. The summed E-state index contributed by atoms with van der Waals surface area (Å²) < 4.78 is 29.5. The lowest BCUT2D eigenvalue weighted by molar-refractivity contribution is -0.134. The normalized spacial score (nSPS) is 22.8. The van der Waals surface area contributed by atoms with Crippen LogP contribution in [0.4, 0.5) is 11.4 Å². The van der Waals surface area contributed by atoms with Crippen molar-refractivity contribution in [3.05, 3.63) is 54.1 Å². The number of carbonyl (C=O) groups is 1. The molecule has 35 heavy (non-hydrogen) atoms. The number of para-hydroxylation sites is 1. The van der Waals surface area contributed by atoms with Gasteiger partial charge in [-0.3, -0.25) is 4.79 Å². The first kappa shape index (κ1) is 23.9. The van der Waals surface area contributed by atoms with Crippen LogP contribution in [0, 0.1) is 12.3 Å². The molecule has 1 aliphatic carbocycles. The highest BCUT2D eigenvalue weighted by molar-refractivity contribution is 7.90. The van der Waals surface area contributed by atoms with Gasteiger partial charge >= 0.3 is 0 Å². The number of hydrogen-bond acceptors (Lipinski definition) is 5. The lowest BCUT2D eigenvalue weighted by Crippen LogP contribution is -2.54. The van der Waals surface area contributed by atoms with Crippen LogP contribution in [0.3, 0.4) is 0 Å². The Labute approximate surface area is 208 Å². The molecular weight excluding hydrogens is 460 g/mol. The van der Waals surface area contributed by atoms with E-state index in [0.29, 0.717) is 37.5 Å². The van der Waals surface area contributed by atoms with Crippen molar-refractivity contribution in [2.24, 2.45) is 9.81 Å². The summed E-state index contributed by atoms with van der Waals surface area (Å²) in [6.07, 6.45) is 4.86. The molecule has 1 saturated carbocycles. The maximum atomic E-state index is 13.5. The van der Waals surface area contributed by atoms with Crippen LogP contribution in [0.1, 0.15) is 51.0 Å². The molecule has 186 valence electrons. The molecule has 7 nitrogen and oxygen atoms in total. The molecule has 1 saturated heterocycles. The van der Waals surface area contributed by atoms with E-state index in [2.05, 4.69) is 52.7 Å². The molecule has 0 unspecified atom stereocenters. The standard InChI is InChI=1S/C27H34N4O3S/c1-20-8-7-9-22(16-20)31-15-14-30(19-21(31)2)26(32)18-27(12-5-6-13-27)17-25-28-23-10-3-4-11-24(23)35(33,34)29-25/h3-4,7-11,16,21H,5-6,12-15,17-19H2,1-2H3,(H,28,29)/t21-/m1/s1. The molecule has 2 aromatic carbocycles. The van der Waals surface area contributed by atoms with Crippen LogP contribution in [-0.4, -0.2) is 50.7 Å². The average Bonchev–Trinajstić information content (AvgIpc) is 3.26. The Bertz CT molecular complexity index is 1250. The predicted molar refractivity (Wildman–Crippen MR) is 139 cm³/mol. The zero-order valence-electron chi connectivity index (χ0n) is 20.5. The van der Waals surface area contributed by atoms with Gasteiger partial charge in [-0.15, -0.1) is 4.40 Å². The number of benzene rings is 2. The first-order valence-electron chi connectivity index (χ1n) is 12.6. The summed E-state index contributed by atoms with van der Waals surface area (Å²) in [4.78, 5) is 18.1. The highest BCUT2D eigenvalue weighted by Gasteiger charge is 2.40. The Balaban J connectivity index is 1.28. The number of amidine groups is 1. The van der Waals surface area contributed by atoms with E-state index in [1.54, 1.807) is 18.2 Å². The summed E-state index contributed by atoms with van der Waals surface area (Å²) >= 11 is 0. The molecule has 0 radical (unpaired) electrons. The number of nitrogens with zero attached hydrogens (tertiary/aromatic N) is 3. The van der Waals surface area contributed by atoms with Gasteiger partial charge in [0, 0.05) is 44.2 Å². The van der Waals surface area contributed by atoms with Crippen LogP contribution < -0.4 is 10.2 Å². The number of piperazine rings is 1. The molecular formula is C27H34N4O3S. The molecule has 1 amide bonds. The molecule has 1 atom stereocenters.